The molecule has 3 heteroatoms. The van der Waals surface area contributed by atoms with Gasteiger partial charge in [-0.3, -0.25) is 0 Å². The lowest BCUT2D eigenvalue weighted by molar-refractivity contribution is 0.145. The van der Waals surface area contributed by atoms with Crippen molar-refractivity contribution in [3.63, 3.8) is 0 Å². The second-order valence-corrected chi connectivity index (χ2v) is 7.31. The molecule has 0 atom stereocenters. The van der Waals surface area contributed by atoms with E-state index in [0.717, 1.165) is 19.0 Å². The van der Waals surface area contributed by atoms with E-state index in [9.17, 15) is 5.11 Å². The molecule has 1 N–H and O–H groups in total. The monoisotopic (exact) mass is 338 g/mol. The van der Waals surface area contributed by atoms with Crippen LogP contribution in [0.1, 0.15) is 71.1 Å². The number of aromatic hydroxyl groups is 1. The van der Waals surface area contributed by atoms with Crippen molar-refractivity contribution >= 4 is 11.8 Å². The van der Waals surface area contributed by atoms with Gasteiger partial charge in [0.05, 0.1) is 6.61 Å². The predicted molar refractivity (Wildman–Crippen MR) is 101 cm³/mol. The third-order valence-electron chi connectivity index (χ3n) is 3.98. The molecule has 0 radical (unpaired) electrons. The molecule has 1 rings (SSSR count). The zero-order valence-corrected chi connectivity index (χ0v) is 15.6. The van der Waals surface area contributed by atoms with Gasteiger partial charge in [0.2, 0.25) is 0 Å². The van der Waals surface area contributed by atoms with Crippen LogP contribution in [0.4, 0.5) is 0 Å². The van der Waals surface area contributed by atoms with E-state index in [-0.39, 0.29) is 0 Å². The SMILES string of the molecule is CCCCCCCCCCCCOCCSc1ccc(O)cc1. The van der Waals surface area contributed by atoms with E-state index in [1.165, 1.54) is 69.1 Å². The average molecular weight is 339 g/mol. The zero-order chi connectivity index (χ0) is 16.6. The topological polar surface area (TPSA) is 29.5 Å². The zero-order valence-electron chi connectivity index (χ0n) is 14.8. The lowest BCUT2D eigenvalue weighted by Gasteiger charge is -2.05. The molecule has 0 fully saturated rings. The number of thioether (sulfide) groups is 1. The Bertz CT molecular complexity index is 364. The normalized spacial score (nSPS) is 11.0. The van der Waals surface area contributed by atoms with Gasteiger partial charge in [0.1, 0.15) is 5.75 Å². The van der Waals surface area contributed by atoms with Crippen LogP contribution in [0.15, 0.2) is 29.2 Å². The van der Waals surface area contributed by atoms with E-state index in [0.29, 0.717) is 5.75 Å². The van der Waals surface area contributed by atoms with Crippen LogP contribution in [0, 0.1) is 0 Å². The molecule has 0 spiro atoms. The summed E-state index contributed by atoms with van der Waals surface area (Å²) in [6.07, 6.45) is 13.7. The summed E-state index contributed by atoms with van der Waals surface area (Å²) in [6.45, 7) is 3.98. The Morgan fingerprint density at radius 1 is 0.783 bits per heavy atom. The molecule has 0 heterocycles. The van der Waals surface area contributed by atoms with E-state index in [1.54, 1.807) is 23.9 Å². The highest BCUT2D eigenvalue weighted by molar-refractivity contribution is 7.99. The first kappa shape index (κ1) is 20.4. The Kier molecular flexibility index (Phi) is 13.2. The first-order chi connectivity index (χ1) is 11.3. The summed E-state index contributed by atoms with van der Waals surface area (Å²) in [7, 11) is 0. The fraction of sp³-hybridized carbons (Fsp3) is 0.700. The third kappa shape index (κ3) is 12.4. The van der Waals surface area contributed by atoms with Crippen molar-refractivity contribution in [1.82, 2.24) is 0 Å². The van der Waals surface area contributed by atoms with Crippen molar-refractivity contribution < 1.29 is 9.84 Å². The number of ether oxygens (including phenoxy) is 1. The second kappa shape index (κ2) is 14.9. The smallest absolute Gasteiger partial charge is 0.115 e. The predicted octanol–water partition coefficient (Wildman–Crippen LogP) is 6.42. The summed E-state index contributed by atoms with van der Waals surface area (Å²) >= 11 is 1.78. The van der Waals surface area contributed by atoms with Crippen LogP contribution >= 0.6 is 11.8 Å². The molecular formula is C20H34O2S. The second-order valence-electron chi connectivity index (χ2n) is 6.14. The van der Waals surface area contributed by atoms with Gasteiger partial charge in [0.15, 0.2) is 0 Å². The largest absolute Gasteiger partial charge is 0.508 e. The van der Waals surface area contributed by atoms with Gasteiger partial charge in [0, 0.05) is 17.3 Å². The number of hydrogen-bond acceptors (Lipinski definition) is 3. The summed E-state index contributed by atoms with van der Waals surface area (Å²) < 4.78 is 5.68. The Labute approximate surface area is 147 Å². The molecule has 0 aliphatic heterocycles. The van der Waals surface area contributed by atoms with Gasteiger partial charge in [-0.25, -0.2) is 0 Å². The highest BCUT2D eigenvalue weighted by Gasteiger charge is 1.96. The number of hydrogen-bond donors (Lipinski definition) is 1. The van der Waals surface area contributed by atoms with Gasteiger partial charge in [-0.2, -0.15) is 0 Å². The first-order valence-corrected chi connectivity index (χ1v) is 10.3. The standard InChI is InChI=1S/C20H34O2S/c1-2-3-4-5-6-7-8-9-10-11-16-22-17-18-23-20-14-12-19(21)13-15-20/h12-15,21H,2-11,16-18H2,1H3. The molecule has 2 nitrogen and oxygen atoms in total. The van der Waals surface area contributed by atoms with E-state index in [2.05, 4.69) is 6.92 Å². The third-order valence-corrected chi connectivity index (χ3v) is 4.95. The van der Waals surface area contributed by atoms with Crippen molar-refractivity contribution in [3.8, 4) is 5.75 Å². The maximum absolute atomic E-state index is 9.22. The van der Waals surface area contributed by atoms with Gasteiger partial charge < -0.3 is 9.84 Å². The number of phenolic OH excluding ortho intramolecular Hbond substituents is 1. The fourth-order valence-corrected chi connectivity index (χ4v) is 3.32. The molecule has 23 heavy (non-hydrogen) atoms. The minimum Gasteiger partial charge on any atom is -0.508 e. The molecule has 0 amide bonds. The van der Waals surface area contributed by atoms with Crippen molar-refractivity contribution in [2.24, 2.45) is 0 Å². The van der Waals surface area contributed by atoms with Crippen LogP contribution in [0.2, 0.25) is 0 Å². The fourth-order valence-electron chi connectivity index (χ4n) is 2.55. The van der Waals surface area contributed by atoms with Crippen LogP contribution in [-0.2, 0) is 4.74 Å². The Hall–Kier alpha value is -0.670. The van der Waals surface area contributed by atoms with Gasteiger partial charge in [-0.05, 0) is 30.7 Å². The Morgan fingerprint density at radius 3 is 1.96 bits per heavy atom. The summed E-state index contributed by atoms with van der Waals surface area (Å²) in [5.41, 5.74) is 0. The lowest BCUT2D eigenvalue weighted by Crippen LogP contribution is -1.99. The summed E-state index contributed by atoms with van der Waals surface area (Å²) in [5.74, 6) is 1.30. The molecule has 0 bridgehead atoms. The van der Waals surface area contributed by atoms with Gasteiger partial charge in [-0.1, -0.05) is 64.7 Å². The average Bonchev–Trinajstić information content (AvgIpc) is 2.57. The summed E-state index contributed by atoms with van der Waals surface area (Å²) in [6, 6.07) is 7.35. The number of rotatable bonds is 15. The minimum absolute atomic E-state index is 0.326. The van der Waals surface area contributed by atoms with Crippen LogP contribution in [0.3, 0.4) is 0 Å². The molecule has 0 unspecified atom stereocenters. The number of phenols is 1. The van der Waals surface area contributed by atoms with E-state index in [4.69, 9.17) is 4.74 Å². The van der Waals surface area contributed by atoms with Gasteiger partial charge in [0.25, 0.3) is 0 Å². The Morgan fingerprint density at radius 2 is 1.35 bits per heavy atom. The van der Waals surface area contributed by atoms with E-state index in [1.807, 2.05) is 12.1 Å². The van der Waals surface area contributed by atoms with Gasteiger partial charge >= 0.3 is 0 Å². The molecule has 0 aliphatic rings. The molecule has 1 aromatic carbocycles. The summed E-state index contributed by atoms with van der Waals surface area (Å²) in [4.78, 5) is 1.19. The molecule has 0 saturated heterocycles. The number of benzene rings is 1. The van der Waals surface area contributed by atoms with Crippen LogP contribution in [0.5, 0.6) is 5.75 Å². The summed E-state index contributed by atoms with van der Waals surface area (Å²) in [5, 5.41) is 9.22. The molecule has 132 valence electrons. The number of unbranched alkanes of at least 4 members (excludes halogenated alkanes) is 9. The maximum atomic E-state index is 9.22. The van der Waals surface area contributed by atoms with Crippen molar-refractivity contribution in [2.75, 3.05) is 19.0 Å². The lowest BCUT2D eigenvalue weighted by atomic mass is 10.1. The molecular weight excluding hydrogens is 304 g/mol. The van der Waals surface area contributed by atoms with Crippen molar-refractivity contribution in [3.05, 3.63) is 24.3 Å². The van der Waals surface area contributed by atoms with Crippen LogP contribution in [-0.4, -0.2) is 24.1 Å². The van der Waals surface area contributed by atoms with Gasteiger partial charge in [-0.15, -0.1) is 11.8 Å². The van der Waals surface area contributed by atoms with Crippen molar-refractivity contribution in [2.45, 2.75) is 76.0 Å². The highest BCUT2D eigenvalue weighted by atomic mass is 32.2. The Balaban J connectivity index is 1.77. The minimum atomic E-state index is 0.326. The van der Waals surface area contributed by atoms with Crippen molar-refractivity contribution in [1.29, 1.82) is 0 Å². The molecule has 0 saturated carbocycles. The molecule has 1 aromatic rings. The quantitative estimate of drug-likeness (QED) is 0.295. The van der Waals surface area contributed by atoms with E-state index < -0.39 is 0 Å². The first-order valence-electron chi connectivity index (χ1n) is 9.32. The highest BCUT2D eigenvalue weighted by Crippen LogP contribution is 2.20. The molecule has 0 aliphatic carbocycles. The van der Waals surface area contributed by atoms with Crippen LogP contribution in [0.25, 0.3) is 0 Å². The van der Waals surface area contributed by atoms with E-state index >= 15 is 0 Å². The van der Waals surface area contributed by atoms with Crippen LogP contribution < -0.4 is 0 Å². The molecule has 0 aromatic heterocycles. The maximum Gasteiger partial charge on any atom is 0.115 e.